The fourth-order valence-electron chi connectivity index (χ4n) is 3.52. The van der Waals surface area contributed by atoms with Crippen LogP contribution in [0.3, 0.4) is 0 Å². The van der Waals surface area contributed by atoms with E-state index in [4.69, 9.17) is 5.21 Å². The molecule has 1 aromatic rings. The molecule has 1 aliphatic carbocycles. The van der Waals surface area contributed by atoms with Gasteiger partial charge in [0.05, 0.1) is 4.90 Å². The summed E-state index contributed by atoms with van der Waals surface area (Å²) in [6.45, 7) is 1.89. The topological polar surface area (TPSA) is 86.7 Å². The Hall–Kier alpha value is -1.44. The van der Waals surface area contributed by atoms with Crippen LogP contribution < -0.4 is 5.48 Å². The number of benzene rings is 1. The smallest absolute Gasteiger partial charge is 0.262 e. The van der Waals surface area contributed by atoms with Crippen LogP contribution in [0.1, 0.15) is 24.8 Å². The van der Waals surface area contributed by atoms with Gasteiger partial charge in [-0.25, -0.2) is 13.9 Å². The zero-order chi connectivity index (χ0) is 15.2. The zero-order valence-electron chi connectivity index (χ0n) is 11.7. The van der Waals surface area contributed by atoms with Gasteiger partial charge in [0.15, 0.2) is 0 Å². The maximum Gasteiger partial charge on any atom is 0.262 e. The predicted octanol–water partition coefficient (Wildman–Crippen LogP) is 1.04. The van der Waals surface area contributed by atoms with Crippen molar-refractivity contribution < 1.29 is 18.4 Å². The molecular weight excluding hydrogens is 292 g/mol. The minimum Gasteiger partial charge on any atom is -0.289 e. The van der Waals surface area contributed by atoms with E-state index >= 15 is 0 Å². The van der Waals surface area contributed by atoms with Crippen molar-refractivity contribution in [1.29, 1.82) is 0 Å². The molecule has 1 amide bonds. The number of piperidine rings is 1. The lowest BCUT2D eigenvalue weighted by molar-refractivity contribution is -0.134. The summed E-state index contributed by atoms with van der Waals surface area (Å²) in [4.78, 5) is 12.1. The van der Waals surface area contributed by atoms with Crippen LogP contribution in [0.5, 0.6) is 0 Å². The van der Waals surface area contributed by atoms with Crippen LogP contribution in [0.2, 0.25) is 0 Å². The van der Waals surface area contributed by atoms with E-state index in [9.17, 15) is 13.2 Å². The normalized spacial score (nSPS) is 28.8. The van der Waals surface area contributed by atoms with Crippen molar-refractivity contribution in [3.63, 3.8) is 0 Å². The average Bonchev–Trinajstić information content (AvgIpc) is 3.07. The van der Waals surface area contributed by atoms with Gasteiger partial charge in [0.25, 0.3) is 5.91 Å². The van der Waals surface area contributed by atoms with Gasteiger partial charge in [0.1, 0.15) is 6.04 Å². The maximum absolute atomic E-state index is 12.8. The standard InChI is InChI=1S/C14H18N2O4S/c1-9-2-6-12(7-3-9)21(19,20)16-11-5-4-10(8-11)13(16)14(17)15-18/h2-3,6-7,10-11,13,18H,4-5,8H2,1H3,(H,15,17)/t10?,11-,13-/m1/s1. The third kappa shape index (κ3) is 2.25. The molecule has 1 heterocycles. The highest BCUT2D eigenvalue weighted by atomic mass is 32.2. The molecule has 1 saturated carbocycles. The molecule has 3 atom stereocenters. The second-order valence-corrected chi connectivity index (χ2v) is 7.64. The lowest BCUT2D eigenvalue weighted by Crippen LogP contribution is -2.52. The van der Waals surface area contributed by atoms with Crippen molar-refractivity contribution in [2.45, 2.75) is 43.2 Å². The van der Waals surface area contributed by atoms with E-state index in [0.717, 1.165) is 18.4 Å². The van der Waals surface area contributed by atoms with Gasteiger partial charge < -0.3 is 0 Å². The fourth-order valence-corrected chi connectivity index (χ4v) is 5.39. The zero-order valence-corrected chi connectivity index (χ0v) is 12.5. The number of hydroxylamine groups is 1. The van der Waals surface area contributed by atoms with E-state index < -0.39 is 22.0 Å². The third-order valence-electron chi connectivity index (χ3n) is 4.50. The second-order valence-electron chi connectivity index (χ2n) is 5.80. The molecule has 1 aliphatic heterocycles. The van der Waals surface area contributed by atoms with Crippen molar-refractivity contribution in [1.82, 2.24) is 9.79 Å². The highest BCUT2D eigenvalue weighted by Crippen LogP contribution is 2.45. The van der Waals surface area contributed by atoms with Crippen LogP contribution in [0.15, 0.2) is 29.2 Å². The molecule has 3 rings (SSSR count). The number of hydrogen-bond acceptors (Lipinski definition) is 4. The third-order valence-corrected chi connectivity index (χ3v) is 6.45. The van der Waals surface area contributed by atoms with Crippen LogP contribution in [0, 0.1) is 12.8 Å². The van der Waals surface area contributed by atoms with E-state index in [2.05, 4.69) is 0 Å². The summed E-state index contributed by atoms with van der Waals surface area (Å²) in [5, 5.41) is 8.89. The quantitative estimate of drug-likeness (QED) is 0.645. The van der Waals surface area contributed by atoms with Crippen molar-refractivity contribution in [2.24, 2.45) is 5.92 Å². The van der Waals surface area contributed by atoms with Crippen LogP contribution in [0.4, 0.5) is 0 Å². The highest BCUT2D eigenvalue weighted by Gasteiger charge is 2.54. The largest absolute Gasteiger partial charge is 0.289 e. The molecule has 1 unspecified atom stereocenters. The summed E-state index contributed by atoms with van der Waals surface area (Å²) in [6, 6.07) is 5.64. The molecule has 1 aromatic carbocycles. The van der Waals surface area contributed by atoms with Crippen LogP contribution >= 0.6 is 0 Å². The van der Waals surface area contributed by atoms with Crippen molar-refractivity contribution >= 4 is 15.9 Å². The van der Waals surface area contributed by atoms with E-state index in [0.29, 0.717) is 6.42 Å². The number of aryl methyl sites for hydroxylation is 1. The SMILES string of the molecule is Cc1ccc(S(=O)(=O)N2[C@@H]3CCC(C3)[C@@H]2C(=O)NO)cc1. The Labute approximate surface area is 123 Å². The number of nitrogens with zero attached hydrogens (tertiary/aromatic N) is 1. The number of carbonyl (C=O) groups is 1. The lowest BCUT2D eigenvalue weighted by atomic mass is 10.00. The molecule has 0 spiro atoms. The Balaban J connectivity index is 2.00. The number of carbonyl (C=O) groups excluding carboxylic acids is 1. The van der Waals surface area contributed by atoms with Crippen LogP contribution in [-0.4, -0.2) is 35.9 Å². The van der Waals surface area contributed by atoms with Gasteiger partial charge >= 0.3 is 0 Å². The molecule has 21 heavy (non-hydrogen) atoms. The minimum absolute atomic E-state index is 0.0117. The summed E-state index contributed by atoms with van der Waals surface area (Å²) in [6.07, 6.45) is 2.27. The van der Waals surface area contributed by atoms with Crippen LogP contribution in [0.25, 0.3) is 0 Å². The average molecular weight is 310 g/mol. The van der Waals surface area contributed by atoms with Gasteiger partial charge in [-0.1, -0.05) is 17.7 Å². The fraction of sp³-hybridized carbons (Fsp3) is 0.500. The number of rotatable bonds is 3. The van der Waals surface area contributed by atoms with E-state index in [1.807, 2.05) is 6.92 Å². The first kappa shape index (κ1) is 14.5. The first-order valence-electron chi connectivity index (χ1n) is 6.99. The van der Waals surface area contributed by atoms with Crippen molar-refractivity contribution in [2.75, 3.05) is 0 Å². The summed E-state index contributed by atoms with van der Waals surface area (Å²) in [5.74, 6) is -0.653. The Morgan fingerprint density at radius 1 is 1.29 bits per heavy atom. The van der Waals surface area contributed by atoms with Gasteiger partial charge in [-0.15, -0.1) is 0 Å². The van der Waals surface area contributed by atoms with Gasteiger partial charge in [-0.05, 0) is 44.2 Å². The Morgan fingerprint density at radius 2 is 1.95 bits per heavy atom. The predicted molar refractivity (Wildman–Crippen MR) is 75.1 cm³/mol. The number of hydrogen-bond donors (Lipinski definition) is 2. The number of amides is 1. The Bertz CT molecular complexity index is 656. The molecule has 0 radical (unpaired) electrons. The molecule has 7 heteroatoms. The number of fused-ring (bicyclic) bond motifs is 2. The minimum atomic E-state index is -3.73. The van der Waals surface area contributed by atoms with E-state index in [-0.39, 0.29) is 16.9 Å². The molecule has 2 fully saturated rings. The monoisotopic (exact) mass is 310 g/mol. The summed E-state index contributed by atoms with van der Waals surface area (Å²) in [5.41, 5.74) is 2.58. The molecule has 114 valence electrons. The molecule has 2 aliphatic rings. The molecular formula is C14H18N2O4S. The van der Waals surface area contributed by atoms with E-state index in [1.54, 1.807) is 29.7 Å². The van der Waals surface area contributed by atoms with Crippen molar-refractivity contribution in [3.05, 3.63) is 29.8 Å². The second kappa shape index (κ2) is 5.08. The maximum atomic E-state index is 12.8. The van der Waals surface area contributed by atoms with E-state index in [1.165, 1.54) is 4.31 Å². The first-order chi connectivity index (χ1) is 9.95. The number of nitrogens with one attached hydrogen (secondary N) is 1. The number of sulfonamides is 1. The van der Waals surface area contributed by atoms with Gasteiger partial charge in [0.2, 0.25) is 10.0 Å². The van der Waals surface area contributed by atoms with Gasteiger partial charge in [0, 0.05) is 6.04 Å². The van der Waals surface area contributed by atoms with Gasteiger partial charge in [-0.3, -0.25) is 10.0 Å². The Kier molecular flexibility index (Phi) is 3.51. The summed E-state index contributed by atoms with van der Waals surface area (Å²) < 4.78 is 27.0. The van der Waals surface area contributed by atoms with Crippen LogP contribution in [-0.2, 0) is 14.8 Å². The molecule has 2 bridgehead atoms. The molecule has 0 aromatic heterocycles. The Morgan fingerprint density at radius 3 is 2.57 bits per heavy atom. The van der Waals surface area contributed by atoms with Gasteiger partial charge in [-0.2, -0.15) is 4.31 Å². The molecule has 1 saturated heterocycles. The summed E-state index contributed by atoms with van der Waals surface area (Å²) in [7, 11) is -3.73. The first-order valence-corrected chi connectivity index (χ1v) is 8.43. The van der Waals surface area contributed by atoms with Crippen molar-refractivity contribution in [3.8, 4) is 0 Å². The molecule has 6 nitrogen and oxygen atoms in total. The molecule has 2 N–H and O–H groups in total. The highest BCUT2D eigenvalue weighted by molar-refractivity contribution is 7.89. The lowest BCUT2D eigenvalue weighted by Gasteiger charge is -2.32. The summed E-state index contributed by atoms with van der Waals surface area (Å²) >= 11 is 0.